The normalized spacial score (nSPS) is 22.6. The molecular weight excluding hydrogens is 518 g/mol. The van der Waals surface area contributed by atoms with Gasteiger partial charge in [0.15, 0.2) is 6.10 Å². The van der Waals surface area contributed by atoms with Crippen molar-refractivity contribution < 1.29 is 19.1 Å². The highest BCUT2D eigenvalue weighted by atomic mass is 32.2. The molecule has 2 aliphatic rings. The number of amides is 2. The second kappa shape index (κ2) is 11.4. The number of hydrogen-bond acceptors (Lipinski definition) is 7. The number of carbonyl (C=O) groups is 3. The quantitative estimate of drug-likeness (QED) is 0.245. The Morgan fingerprint density at radius 3 is 2.42 bits per heavy atom. The number of aromatic nitrogens is 1. The predicted molar refractivity (Wildman–Crippen MR) is 150 cm³/mol. The number of nitrogens with zero attached hydrogens (tertiary/aromatic N) is 2. The Kier molecular flexibility index (Phi) is 7.85. The van der Waals surface area contributed by atoms with Gasteiger partial charge in [0.25, 0.3) is 0 Å². The molecule has 2 fully saturated rings. The third-order valence-corrected chi connectivity index (χ3v) is 9.47. The third-order valence-electron chi connectivity index (χ3n) is 6.59. The molecule has 2 amide bonds. The van der Waals surface area contributed by atoms with Crippen molar-refractivity contribution in [3.8, 4) is 0 Å². The number of esters is 1. The number of thioether (sulfide) groups is 2. The summed E-state index contributed by atoms with van der Waals surface area (Å²) in [4.78, 5) is 43.8. The van der Waals surface area contributed by atoms with E-state index in [1.165, 1.54) is 23.5 Å². The summed E-state index contributed by atoms with van der Waals surface area (Å²) in [6, 6.07) is 22.6. The van der Waals surface area contributed by atoms with Crippen molar-refractivity contribution >= 4 is 47.9 Å². The lowest BCUT2D eigenvalue weighted by Crippen LogP contribution is -2.74. The summed E-state index contributed by atoms with van der Waals surface area (Å²) in [6.45, 7) is 2.12. The van der Waals surface area contributed by atoms with Gasteiger partial charge in [-0.25, -0.2) is 0 Å². The van der Waals surface area contributed by atoms with Gasteiger partial charge in [-0.15, -0.1) is 23.5 Å². The van der Waals surface area contributed by atoms with Crippen LogP contribution in [0.25, 0.3) is 6.08 Å². The van der Waals surface area contributed by atoms with Gasteiger partial charge in [-0.1, -0.05) is 66.7 Å². The number of β-lactam (4-membered cyclic amide) rings is 1. The van der Waals surface area contributed by atoms with E-state index in [0.717, 1.165) is 22.4 Å². The molecule has 0 aliphatic carbocycles. The topological polar surface area (TPSA) is 88.6 Å². The molecule has 1 aromatic heterocycles. The van der Waals surface area contributed by atoms with Crippen molar-refractivity contribution in [1.82, 2.24) is 15.2 Å². The molecule has 0 bridgehead atoms. The Balaban J connectivity index is 1.43. The highest BCUT2D eigenvalue weighted by molar-refractivity contribution is 8.06. The van der Waals surface area contributed by atoms with Gasteiger partial charge in [-0.05, 0) is 41.2 Å². The first kappa shape index (κ1) is 26.1. The Hall–Kier alpha value is -3.56. The zero-order chi connectivity index (χ0) is 26.5. The Morgan fingerprint density at radius 1 is 1.13 bits per heavy atom. The van der Waals surface area contributed by atoms with Crippen molar-refractivity contribution in [3.05, 3.63) is 107 Å². The van der Waals surface area contributed by atoms with E-state index >= 15 is 0 Å². The molecule has 2 aliphatic heterocycles. The third kappa shape index (κ3) is 5.35. The van der Waals surface area contributed by atoms with E-state index in [1.807, 2.05) is 91.2 Å². The summed E-state index contributed by atoms with van der Waals surface area (Å²) in [6.07, 6.45) is 3.64. The van der Waals surface area contributed by atoms with E-state index in [2.05, 4.69) is 10.3 Å². The van der Waals surface area contributed by atoms with Crippen LogP contribution in [0.4, 0.5) is 0 Å². The zero-order valence-electron chi connectivity index (χ0n) is 20.7. The first-order valence-corrected chi connectivity index (χ1v) is 14.1. The molecule has 0 saturated carbocycles. The number of fused-ring (bicyclic) bond motifs is 1. The summed E-state index contributed by atoms with van der Waals surface area (Å²) in [5, 5.41) is 4.27. The largest absolute Gasteiger partial charge is 0.451 e. The standard InChI is InChI=1S/C29H27N3O4S2/c1-20-12-13-21(16-30-20)14-15-38-29(17-32-26(34)24(31-19-33)27(32)37-18-29)28(35)36-25(22-8-4-2-5-9-22)23-10-6-3-7-11-23/h2-16,19,24-25,27H,17-18H2,1H3,(H,31,33)/t24?,27-,29?/m1/s1. The molecule has 3 atom stereocenters. The monoisotopic (exact) mass is 545 g/mol. The molecule has 38 heavy (non-hydrogen) atoms. The Labute approximate surface area is 230 Å². The molecule has 0 radical (unpaired) electrons. The minimum Gasteiger partial charge on any atom is -0.451 e. The van der Waals surface area contributed by atoms with Gasteiger partial charge in [0.1, 0.15) is 16.2 Å². The van der Waals surface area contributed by atoms with E-state index in [9.17, 15) is 14.4 Å². The van der Waals surface area contributed by atoms with Crippen LogP contribution in [0.15, 0.2) is 84.4 Å². The van der Waals surface area contributed by atoms with Crippen molar-refractivity contribution in [2.75, 3.05) is 12.3 Å². The SMILES string of the molecule is Cc1ccc(C=CSC2(C(=O)OC(c3ccccc3)c3ccccc3)CS[C@@H]3C(NC=O)C(=O)N3C2)cn1. The van der Waals surface area contributed by atoms with Crippen LogP contribution < -0.4 is 5.32 Å². The number of hydrogen-bond donors (Lipinski definition) is 1. The molecule has 2 aromatic carbocycles. The van der Waals surface area contributed by atoms with Crippen LogP contribution in [0.2, 0.25) is 0 Å². The van der Waals surface area contributed by atoms with Crippen LogP contribution >= 0.6 is 23.5 Å². The van der Waals surface area contributed by atoms with E-state index in [4.69, 9.17) is 4.74 Å². The summed E-state index contributed by atoms with van der Waals surface area (Å²) >= 11 is 2.84. The maximum absolute atomic E-state index is 14.0. The molecule has 2 unspecified atom stereocenters. The van der Waals surface area contributed by atoms with Gasteiger partial charge in [0.2, 0.25) is 12.3 Å². The van der Waals surface area contributed by atoms with Gasteiger partial charge in [0.05, 0.1) is 0 Å². The number of rotatable bonds is 9. The van der Waals surface area contributed by atoms with E-state index < -0.39 is 22.9 Å². The van der Waals surface area contributed by atoms with Gasteiger partial charge in [-0.3, -0.25) is 19.4 Å². The number of nitrogens with one attached hydrogen (secondary N) is 1. The van der Waals surface area contributed by atoms with Crippen LogP contribution in [0.5, 0.6) is 0 Å². The Bertz CT molecular complexity index is 1280. The zero-order valence-corrected chi connectivity index (χ0v) is 22.4. The first-order valence-electron chi connectivity index (χ1n) is 12.2. The lowest BCUT2D eigenvalue weighted by molar-refractivity contribution is -0.155. The molecule has 1 N–H and O–H groups in total. The highest BCUT2D eigenvalue weighted by Crippen LogP contribution is 2.46. The van der Waals surface area contributed by atoms with Crippen LogP contribution in [0.3, 0.4) is 0 Å². The number of pyridine rings is 1. The summed E-state index contributed by atoms with van der Waals surface area (Å²) < 4.78 is 5.24. The van der Waals surface area contributed by atoms with Crippen molar-refractivity contribution in [2.45, 2.75) is 29.2 Å². The highest BCUT2D eigenvalue weighted by Gasteiger charge is 2.58. The fraction of sp³-hybridized carbons (Fsp3) is 0.241. The lowest BCUT2D eigenvalue weighted by atomic mass is 10.00. The summed E-state index contributed by atoms with van der Waals surface area (Å²) in [7, 11) is 0. The van der Waals surface area contributed by atoms with Crippen LogP contribution in [0, 0.1) is 6.92 Å². The summed E-state index contributed by atoms with van der Waals surface area (Å²) in [5.74, 6) is -0.159. The fourth-order valence-electron chi connectivity index (χ4n) is 4.51. The molecule has 7 nitrogen and oxygen atoms in total. The predicted octanol–water partition coefficient (Wildman–Crippen LogP) is 4.20. The fourth-order valence-corrected chi connectivity index (χ4v) is 7.22. The van der Waals surface area contributed by atoms with Crippen LogP contribution in [0.1, 0.15) is 28.5 Å². The van der Waals surface area contributed by atoms with E-state index in [0.29, 0.717) is 12.2 Å². The minimum atomic E-state index is -1.03. The molecular formula is C29H27N3O4S2. The molecule has 3 aromatic rings. The molecule has 0 spiro atoms. The van der Waals surface area contributed by atoms with Crippen molar-refractivity contribution in [3.63, 3.8) is 0 Å². The maximum Gasteiger partial charge on any atom is 0.326 e. The number of benzene rings is 2. The number of aryl methyl sites for hydroxylation is 1. The van der Waals surface area contributed by atoms with E-state index in [1.54, 1.807) is 11.1 Å². The molecule has 3 heterocycles. The first-order chi connectivity index (χ1) is 18.5. The average molecular weight is 546 g/mol. The van der Waals surface area contributed by atoms with Crippen LogP contribution in [-0.2, 0) is 19.1 Å². The van der Waals surface area contributed by atoms with Gasteiger partial charge in [0, 0.05) is 24.2 Å². The average Bonchev–Trinajstić information content (AvgIpc) is 2.96. The molecule has 9 heteroatoms. The number of carbonyl (C=O) groups excluding carboxylic acids is 3. The molecule has 5 rings (SSSR count). The van der Waals surface area contributed by atoms with Crippen molar-refractivity contribution in [1.29, 1.82) is 0 Å². The molecule has 194 valence electrons. The minimum absolute atomic E-state index is 0.191. The van der Waals surface area contributed by atoms with Crippen molar-refractivity contribution in [2.24, 2.45) is 0 Å². The lowest BCUT2D eigenvalue weighted by Gasteiger charge is -2.53. The van der Waals surface area contributed by atoms with Gasteiger partial charge < -0.3 is 15.0 Å². The molecule has 2 saturated heterocycles. The summed E-state index contributed by atoms with van der Waals surface area (Å²) in [5.41, 5.74) is 3.57. The maximum atomic E-state index is 14.0. The Morgan fingerprint density at radius 2 is 1.82 bits per heavy atom. The van der Waals surface area contributed by atoms with Gasteiger partial charge >= 0.3 is 5.97 Å². The second-order valence-corrected chi connectivity index (χ2v) is 11.6. The van der Waals surface area contributed by atoms with E-state index in [-0.39, 0.29) is 17.8 Å². The smallest absolute Gasteiger partial charge is 0.326 e. The second-order valence-electron chi connectivity index (χ2n) is 9.18. The van der Waals surface area contributed by atoms with Gasteiger partial charge in [-0.2, -0.15) is 0 Å². The van der Waals surface area contributed by atoms with Crippen LogP contribution in [-0.4, -0.2) is 56.6 Å². The number of ether oxygens (including phenoxy) is 1.